The number of likely N-dealkylation sites (N-methyl/N-ethyl adjacent to an activating group) is 1. The molecular weight excluding hydrogens is 907 g/mol. The number of ether oxygens (including phenoxy) is 1. The quantitative estimate of drug-likeness (QED) is 0.0337. The Kier molecular flexibility index (Phi) is 27.0. The molecule has 0 aliphatic carbocycles. The average molecular weight is 986 g/mol. The Labute approximate surface area is 412 Å². The highest BCUT2D eigenvalue weighted by atomic mass is 16.5. The minimum atomic E-state index is -1.69. The zero-order chi connectivity index (χ0) is 52.5. The molecule has 1 aromatic carbocycles. The predicted octanol–water partition coefficient (Wildman–Crippen LogP) is 1.18. The Morgan fingerprint density at radius 1 is 0.800 bits per heavy atom. The van der Waals surface area contributed by atoms with Crippen LogP contribution >= 0.6 is 0 Å². The topological polar surface area (TPSA) is 302 Å². The molecule has 0 fully saturated rings. The summed E-state index contributed by atoms with van der Waals surface area (Å²) in [6.07, 6.45) is 11.3. The van der Waals surface area contributed by atoms with Crippen LogP contribution in [0.4, 0.5) is 0 Å². The lowest BCUT2D eigenvalue weighted by Crippen LogP contribution is -2.59. The van der Waals surface area contributed by atoms with Crippen LogP contribution in [0.2, 0.25) is 0 Å². The number of phenols is 1. The van der Waals surface area contributed by atoms with E-state index < -0.39 is 134 Å². The molecule has 20 heteroatoms. The predicted molar refractivity (Wildman–Crippen MR) is 261 cm³/mol. The number of unbranched alkanes of at least 4 members (excludes halogenated alkanes) is 6. The molecule has 10 N–H and O–H groups in total. The number of nitrogens with zero attached hydrogens (tertiary/aromatic N) is 1. The maximum atomic E-state index is 13.8. The number of rotatable bonds is 27. The first-order chi connectivity index (χ1) is 33.1. The van der Waals surface area contributed by atoms with Gasteiger partial charge in [-0.25, -0.2) is 4.79 Å². The maximum Gasteiger partial charge on any atom is 0.329 e. The number of amides is 7. The number of aliphatic hydroxyl groups excluding tert-OH is 3. The Morgan fingerprint density at radius 2 is 1.43 bits per heavy atom. The van der Waals surface area contributed by atoms with E-state index in [2.05, 4.69) is 38.8 Å². The SMILES string of the molecule is CCCCCCCC/C=C\CC(=O)N[C@@H](CO)C(=O)N[C@H](C(=O)N[C@@H](CO)[C@@H](O)CC(=O)N[C@H](C(=O)N[C@@H]1/C=C/C(=O)N[C@@H](C(C)C)C(=O)N(C)[C@@H](Cc2ccc(O)cc2)C(=O)OC1)C(C)C)C(C)C. The Balaban J connectivity index is 2.11. The molecule has 0 radical (unpaired) electrons. The van der Waals surface area contributed by atoms with E-state index in [0.29, 0.717) is 5.56 Å². The molecular formula is C50H79N7O13. The third-order valence-electron chi connectivity index (χ3n) is 11.8. The number of cyclic esters (lactones) is 1. The molecule has 392 valence electrons. The lowest BCUT2D eigenvalue weighted by Gasteiger charge is -2.32. The first-order valence-electron chi connectivity index (χ1n) is 24.4. The summed E-state index contributed by atoms with van der Waals surface area (Å²) < 4.78 is 5.64. The molecule has 0 aromatic heterocycles. The van der Waals surface area contributed by atoms with Crippen molar-refractivity contribution in [2.75, 3.05) is 26.9 Å². The molecule has 2 rings (SSSR count). The molecule has 0 unspecified atom stereocenters. The monoisotopic (exact) mass is 986 g/mol. The number of allylic oxidation sites excluding steroid dienone is 1. The normalized spacial score (nSPS) is 19.5. The van der Waals surface area contributed by atoms with Crippen LogP contribution in [0, 0.1) is 17.8 Å². The fourth-order valence-corrected chi connectivity index (χ4v) is 7.43. The van der Waals surface area contributed by atoms with E-state index in [1.165, 1.54) is 49.4 Å². The van der Waals surface area contributed by atoms with Crippen LogP contribution in [-0.2, 0) is 49.5 Å². The second kappa shape index (κ2) is 31.4. The third-order valence-corrected chi connectivity index (χ3v) is 11.8. The van der Waals surface area contributed by atoms with Crippen LogP contribution in [0.25, 0.3) is 0 Å². The van der Waals surface area contributed by atoms with Crippen LogP contribution < -0.4 is 31.9 Å². The van der Waals surface area contributed by atoms with Crippen molar-refractivity contribution >= 4 is 47.3 Å². The standard InChI is InChI=1S/C50H79N7O13/c1-9-10-11-12-13-14-15-16-17-18-40(62)52-37(28-59)46(65)56-44(31(4)5)48(67)53-36(27-58)39(61)26-42(64)55-43(30(2)3)47(66)51-34-21-24-41(63)54-45(32(6)7)49(68)57(8)38(50(69)70-29-34)25-33-19-22-35(60)23-20-33/h16-17,19-24,30-32,34,36-39,43-45,58-61H,9-15,18,25-29H2,1-8H3,(H,51,66)(H,52,62)(H,53,67)(H,54,63)(H,55,64)(H,56,65)/b17-16-,24-21+/t34-,36+,37+,38+,39+,43+,44+,45+/m1/s1. The first kappa shape index (κ1) is 60.3. The largest absolute Gasteiger partial charge is 0.508 e. The van der Waals surface area contributed by atoms with Gasteiger partial charge in [0.1, 0.15) is 42.6 Å². The number of benzene rings is 1. The maximum absolute atomic E-state index is 13.8. The lowest BCUT2D eigenvalue weighted by molar-refractivity contribution is -0.156. The van der Waals surface area contributed by atoms with Crippen LogP contribution in [0.5, 0.6) is 5.75 Å². The molecule has 70 heavy (non-hydrogen) atoms. The van der Waals surface area contributed by atoms with Crippen molar-refractivity contribution in [1.82, 2.24) is 36.8 Å². The molecule has 0 saturated carbocycles. The van der Waals surface area contributed by atoms with Gasteiger partial charge in [0.15, 0.2) is 0 Å². The van der Waals surface area contributed by atoms with E-state index >= 15 is 0 Å². The van der Waals surface area contributed by atoms with Crippen molar-refractivity contribution in [2.45, 2.75) is 161 Å². The summed E-state index contributed by atoms with van der Waals surface area (Å²) >= 11 is 0. The highest BCUT2D eigenvalue weighted by Crippen LogP contribution is 2.18. The molecule has 1 heterocycles. The minimum absolute atomic E-state index is 0.000231. The van der Waals surface area contributed by atoms with Gasteiger partial charge in [-0.05, 0) is 48.3 Å². The third kappa shape index (κ3) is 21.0. The molecule has 1 aliphatic rings. The number of aromatic hydroxyl groups is 1. The zero-order valence-corrected chi connectivity index (χ0v) is 42.1. The van der Waals surface area contributed by atoms with E-state index in [1.807, 2.05) is 6.08 Å². The van der Waals surface area contributed by atoms with Crippen LogP contribution in [-0.4, -0.2) is 148 Å². The molecule has 0 spiro atoms. The minimum Gasteiger partial charge on any atom is -0.508 e. The summed E-state index contributed by atoms with van der Waals surface area (Å²) in [5.74, 6) is -7.24. The number of carbonyl (C=O) groups is 8. The fraction of sp³-hybridized carbons (Fsp3) is 0.640. The summed E-state index contributed by atoms with van der Waals surface area (Å²) in [5.41, 5.74) is 0.603. The van der Waals surface area contributed by atoms with E-state index in [4.69, 9.17) is 4.74 Å². The summed E-state index contributed by atoms with van der Waals surface area (Å²) in [6.45, 7) is 10.1. The first-order valence-corrected chi connectivity index (χ1v) is 24.4. The number of nitrogens with one attached hydrogen (secondary N) is 6. The van der Waals surface area contributed by atoms with Crippen molar-refractivity contribution in [2.24, 2.45) is 17.8 Å². The van der Waals surface area contributed by atoms with Gasteiger partial charge in [0, 0.05) is 26.0 Å². The molecule has 8 atom stereocenters. The van der Waals surface area contributed by atoms with E-state index in [1.54, 1.807) is 59.8 Å². The molecule has 1 aromatic rings. The highest BCUT2D eigenvalue weighted by Gasteiger charge is 2.37. The van der Waals surface area contributed by atoms with Gasteiger partial charge in [0.25, 0.3) is 0 Å². The zero-order valence-electron chi connectivity index (χ0n) is 42.1. The Hall–Kier alpha value is -5.86. The smallest absolute Gasteiger partial charge is 0.329 e. The van der Waals surface area contributed by atoms with Gasteiger partial charge >= 0.3 is 5.97 Å². The molecule has 7 amide bonds. The lowest BCUT2D eigenvalue weighted by atomic mass is 9.99. The van der Waals surface area contributed by atoms with Gasteiger partial charge in [-0.3, -0.25) is 33.6 Å². The van der Waals surface area contributed by atoms with E-state index in [-0.39, 0.29) is 24.5 Å². The Morgan fingerprint density at radius 3 is 2.03 bits per heavy atom. The summed E-state index contributed by atoms with van der Waals surface area (Å²) in [7, 11) is 1.42. The molecule has 20 nitrogen and oxygen atoms in total. The summed E-state index contributed by atoms with van der Waals surface area (Å²) in [6, 6.07) is -2.52. The van der Waals surface area contributed by atoms with Crippen molar-refractivity contribution < 1.29 is 63.5 Å². The molecule has 1 aliphatic heterocycles. The van der Waals surface area contributed by atoms with Gasteiger partial charge in [-0.15, -0.1) is 0 Å². The summed E-state index contributed by atoms with van der Waals surface area (Å²) in [5, 5.41) is 56.2. The second-order valence-electron chi connectivity index (χ2n) is 18.8. The molecule has 0 saturated heterocycles. The van der Waals surface area contributed by atoms with Crippen molar-refractivity contribution in [1.29, 1.82) is 0 Å². The van der Waals surface area contributed by atoms with Crippen LogP contribution in [0.15, 0.2) is 48.6 Å². The van der Waals surface area contributed by atoms with Gasteiger partial charge in [0.05, 0.1) is 37.8 Å². The number of carbonyl (C=O) groups excluding carboxylic acids is 8. The average Bonchev–Trinajstić information content (AvgIpc) is 3.31. The number of aliphatic hydroxyl groups is 3. The van der Waals surface area contributed by atoms with E-state index in [0.717, 1.165) is 31.8 Å². The second-order valence-corrected chi connectivity index (χ2v) is 18.8. The summed E-state index contributed by atoms with van der Waals surface area (Å²) in [4.78, 5) is 108. The van der Waals surface area contributed by atoms with Gasteiger partial charge < -0.3 is 62.0 Å². The number of esters is 1. The van der Waals surface area contributed by atoms with Crippen molar-refractivity contribution in [3.05, 3.63) is 54.1 Å². The van der Waals surface area contributed by atoms with Crippen LogP contribution in [0.1, 0.15) is 112 Å². The van der Waals surface area contributed by atoms with Gasteiger partial charge in [0.2, 0.25) is 41.4 Å². The number of hydrogen-bond donors (Lipinski definition) is 10. The van der Waals surface area contributed by atoms with Crippen LogP contribution in [0.3, 0.4) is 0 Å². The number of hydrogen-bond acceptors (Lipinski definition) is 13. The highest BCUT2D eigenvalue weighted by molar-refractivity contribution is 5.95. The number of phenolic OH excluding ortho intramolecular Hbond substituents is 1. The van der Waals surface area contributed by atoms with E-state index in [9.17, 15) is 58.8 Å². The van der Waals surface area contributed by atoms with Crippen molar-refractivity contribution in [3.63, 3.8) is 0 Å². The molecule has 0 bridgehead atoms. The Bertz CT molecular complexity index is 1920. The van der Waals surface area contributed by atoms with Gasteiger partial charge in [-0.2, -0.15) is 0 Å². The van der Waals surface area contributed by atoms with Gasteiger partial charge in [-0.1, -0.05) is 111 Å². The van der Waals surface area contributed by atoms with Crippen molar-refractivity contribution in [3.8, 4) is 5.75 Å². The fourth-order valence-electron chi connectivity index (χ4n) is 7.43.